The molecule has 1 fully saturated rings. The first-order valence-corrected chi connectivity index (χ1v) is 10.5. The smallest absolute Gasteiger partial charge is 0.328 e. The van der Waals surface area contributed by atoms with Gasteiger partial charge in [-0.3, -0.25) is 0 Å². The molecule has 3 rings (SSSR count). The lowest BCUT2D eigenvalue weighted by Crippen LogP contribution is -2.29. The number of carbonyl (C=O) groups is 2. The number of carboxylic acid groups (broad SMARTS) is 2. The maximum Gasteiger partial charge on any atom is 0.328 e. The highest BCUT2D eigenvalue weighted by Gasteiger charge is 2.18. The van der Waals surface area contributed by atoms with Crippen molar-refractivity contribution < 1.29 is 24.5 Å². The fourth-order valence-electron chi connectivity index (χ4n) is 3.12. The molecular weight excluding hydrogens is 418 g/mol. The number of carboxylic acids is 2. The molecule has 0 amide bonds. The van der Waals surface area contributed by atoms with Crippen molar-refractivity contribution in [3.63, 3.8) is 0 Å². The second-order valence-electron chi connectivity index (χ2n) is 7.57. The van der Waals surface area contributed by atoms with E-state index in [4.69, 9.17) is 26.6 Å². The molecule has 0 aromatic heterocycles. The lowest BCUT2D eigenvalue weighted by atomic mass is 9.85. The fourth-order valence-corrected chi connectivity index (χ4v) is 3.24. The Hall–Kier alpha value is -2.83. The van der Waals surface area contributed by atoms with E-state index in [9.17, 15) is 9.59 Å². The van der Waals surface area contributed by atoms with Crippen LogP contribution in [0.3, 0.4) is 0 Å². The minimum Gasteiger partial charge on any atom is -0.489 e. The van der Waals surface area contributed by atoms with Gasteiger partial charge >= 0.3 is 11.9 Å². The highest BCUT2D eigenvalue weighted by atomic mass is 35.5. The molecule has 0 radical (unpaired) electrons. The summed E-state index contributed by atoms with van der Waals surface area (Å²) in [5.74, 6) is -0.682. The van der Waals surface area contributed by atoms with Crippen LogP contribution in [0.15, 0.2) is 60.7 Å². The van der Waals surface area contributed by atoms with Gasteiger partial charge in [-0.1, -0.05) is 42.3 Å². The van der Waals surface area contributed by atoms with Crippen LogP contribution in [-0.2, 0) is 22.7 Å². The highest BCUT2D eigenvalue weighted by molar-refractivity contribution is 6.30. The van der Waals surface area contributed by atoms with Crippen molar-refractivity contribution in [1.29, 1.82) is 0 Å². The second-order valence-corrected chi connectivity index (χ2v) is 8.00. The Balaban J connectivity index is 0.000000366. The van der Waals surface area contributed by atoms with E-state index in [0.29, 0.717) is 18.8 Å². The molecule has 2 aromatic carbocycles. The molecule has 0 heterocycles. The number of aliphatic carboxylic acids is 2. The van der Waals surface area contributed by atoms with Gasteiger partial charge in [-0.05, 0) is 61.2 Å². The Kier molecular flexibility index (Phi) is 10.1. The molecule has 0 spiro atoms. The van der Waals surface area contributed by atoms with Crippen molar-refractivity contribution >= 4 is 23.5 Å². The Morgan fingerprint density at radius 1 is 1.06 bits per heavy atom. The molecule has 0 bridgehead atoms. The summed E-state index contributed by atoms with van der Waals surface area (Å²) in [4.78, 5) is 21.5. The molecule has 0 unspecified atom stereocenters. The van der Waals surface area contributed by atoms with Gasteiger partial charge in [-0.15, -0.1) is 0 Å². The summed E-state index contributed by atoms with van der Waals surface area (Å²) in [5.41, 5.74) is 2.43. The first-order chi connectivity index (χ1) is 14.8. The van der Waals surface area contributed by atoms with Crippen LogP contribution in [0.5, 0.6) is 5.75 Å². The lowest BCUT2D eigenvalue weighted by Gasteiger charge is -2.30. The summed E-state index contributed by atoms with van der Waals surface area (Å²) in [6.07, 6.45) is 5.32. The largest absolute Gasteiger partial charge is 0.489 e. The topological polar surface area (TPSA) is 87.1 Å². The quantitative estimate of drug-likeness (QED) is 0.536. The average Bonchev–Trinajstić information content (AvgIpc) is 2.70. The predicted octanol–water partition coefficient (Wildman–Crippen LogP) is 4.86. The molecule has 0 aliphatic heterocycles. The van der Waals surface area contributed by atoms with Crippen molar-refractivity contribution in [2.75, 3.05) is 13.6 Å². The predicted molar refractivity (Wildman–Crippen MR) is 120 cm³/mol. The van der Waals surface area contributed by atoms with Crippen LogP contribution in [0.2, 0.25) is 5.02 Å². The van der Waals surface area contributed by atoms with Crippen molar-refractivity contribution in [2.24, 2.45) is 5.92 Å². The number of rotatable bonds is 9. The third-order valence-corrected chi connectivity index (χ3v) is 5.08. The minimum absolute atomic E-state index is 0.558. The van der Waals surface area contributed by atoms with Gasteiger partial charge < -0.3 is 19.8 Å². The molecule has 2 N–H and O–H groups in total. The van der Waals surface area contributed by atoms with Gasteiger partial charge in [0.1, 0.15) is 12.4 Å². The molecule has 6 nitrogen and oxygen atoms in total. The summed E-state index contributed by atoms with van der Waals surface area (Å²) < 4.78 is 5.91. The van der Waals surface area contributed by atoms with Crippen LogP contribution < -0.4 is 4.74 Å². The fraction of sp³-hybridized carbons (Fsp3) is 0.333. The van der Waals surface area contributed by atoms with Crippen LogP contribution in [0.25, 0.3) is 0 Å². The van der Waals surface area contributed by atoms with Crippen LogP contribution in [-0.4, -0.2) is 40.6 Å². The second kappa shape index (κ2) is 12.8. The maximum absolute atomic E-state index is 9.55. The highest BCUT2D eigenvalue weighted by Crippen LogP contribution is 2.27. The van der Waals surface area contributed by atoms with Gasteiger partial charge in [0.2, 0.25) is 0 Å². The molecule has 1 saturated carbocycles. The summed E-state index contributed by atoms with van der Waals surface area (Å²) in [6, 6.07) is 16.2. The van der Waals surface area contributed by atoms with E-state index in [-0.39, 0.29) is 0 Å². The molecule has 2 aromatic rings. The van der Waals surface area contributed by atoms with Gasteiger partial charge in [0.05, 0.1) is 0 Å². The standard InChI is InChI=1S/C20H24ClNO.C4H4O4/c1-22(13-16-4-2-5-16)14-18-6-3-7-20(12-18)23-15-17-8-10-19(21)11-9-17;5-3(6)1-2-4(7)8/h3,6-12,16H,2,4-5,13-15H2,1H3;1-2H,(H,5,6)(H,7,8). The summed E-state index contributed by atoms with van der Waals surface area (Å²) in [5, 5.41) is 16.4. The Morgan fingerprint density at radius 2 is 1.71 bits per heavy atom. The molecule has 31 heavy (non-hydrogen) atoms. The summed E-state index contributed by atoms with van der Waals surface area (Å²) in [7, 11) is 2.21. The molecule has 7 heteroatoms. The Morgan fingerprint density at radius 3 is 2.26 bits per heavy atom. The van der Waals surface area contributed by atoms with Gasteiger partial charge in [-0.2, -0.15) is 0 Å². The van der Waals surface area contributed by atoms with Crippen molar-refractivity contribution in [2.45, 2.75) is 32.4 Å². The Bertz CT molecular complexity index is 862. The molecule has 0 atom stereocenters. The van der Waals surface area contributed by atoms with E-state index < -0.39 is 11.9 Å². The Labute approximate surface area is 187 Å². The zero-order valence-corrected chi connectivity index (χ0v) is 18.3. The normalized spacial score (nSPS) is 13.4. The van der Waals surface area contributed by atoms with Crippen molar-refractivity contribution in [1.82, 2.24) is 4.90 Å². The summed E-state index contributed by atoms with van der Waals surface area (Å²) >= 11 is 5.90. The molecule has 0 saturated heterocycles. The average molecular weight is 446 g/mol. The molecule has 1 aliphatic carbocycles. The number of hydrogen-bond acceptors (Lipinski definition) is 4. The van der Waals surface area contributed by atoms with E-state index in [1.165, 1.54) is 31.4 Å². The zero-order chi connectivity index (χ0) is 22.6. The van der Waals surface area contributed by atoms with Gasteiger partial charge in [-0.25, -0.2) is 9.59 Å². The molecule has 166 valence electrons. The van der Waals surface area contributed by atoms with Crippen molar-refractivity contribution in [3.8, 4) is 5.75 Å². The van der Waals surface area contributed by atoms with Crippen LogP contribution in [0, 0.1) is 5.92 Å². The van der Waals surface area contributed by atoms with E-state index >= 15 is 0 Å². The monoisotopic (exact) mass is 445 g/mol. The van der Waals surface area contributed by atoms with E-state index in [1.54, 1.807) is 0 Å². The van der Waals surface area contributed by atoms with E-state index in [1.807, 2.05) is 30.3 Å². The SMILES string of the molecule is CN(Cc1cccc(OCc2ccc(Cl)cc2)c1)CC1CCC1.O=C(O)C=CC(=O)O. The van der Waals surface area contributed by atoms with Crippen LogP contribution in [0.1, 0.15) is 30.4 Å². The van der Waals surface area contributed by atoms with Gasteiger partial charge in [0.25, 0.3) is 0 Å². The molecule has 1 aliphatic rings. The number of ether oxygens (including phenoxy) is 1. The maximum atomic E-state index is 9.55. The van der Waals surface area contributed by atoms with Crippen LogP contribution >= 0.6 is 11.6 Å². The first kappa shape index (κ1) is 24.4. The van der Waals surface area contributed by atoms with E-state index in [2.05, 4.69) is 30.1 Å². The first-order valence-electron chi connectivity index (χ1n) is 10.1. The number of halogens is 1. The molecular formula is C24H28ClNO5. The summed E-state index contributed by atoms with van der Waals surface area (Å²) in [6.45, 7) is 2.75. The van der Waals surface area contributed by atoms with Crippen LogP contribution in [0.4, 0.5) is 0 Å². The van der Waals surface area contributed by atoms with Crippen molar-refractivity contribution in [3.05, 3.63) is 76.8 Å². The lowest BCUT2D eigenvalue weighted by molar-refractivity contribution is -0.134. The zero-order valence-electron chi connectivity index (χ0n) is 17.5. The van der Waals surface area contributed by atoms with Gasteiger partial charge in [0, 0.05) is 30.3 Å². The van der Waals surface area contributed by atoms with Gasteiger partial charge in [0.15, 0.2) is 0 Å². The number of nitrogens with zero attached hydrogens (tertiary/aromatic N) is 1. The van der Waals surface area contributed by atoms with E-state index in [0.717, 1.165) is 28.8 Å². The minimum atomic E-state index is -1.26. The number of benzene rings is 2. The third kappa shape index (κ3) is 10.2. The third-order valence-electron chi connectivity index (χ3n) is 4.83. The number of hydrogen-bond donors (Lipinski definition) is 2.